The number of nitriles is 1. The topological polar surface area (TPSA) is 102 Å². The lowest BCUT2D eigenvalue weighted by Crippen LogP contribution is -2.48. The van der Waals surface area contributed by atoms with Gasteiger partial charge in [-0.05, 0) is 18.2 Å². The maximum Gasteiger partial charge on any atom is 0.257 e. The van der Waals surface area contributed by atoms with Crippen LogP contribution in [0.3, 0.4) is 0 Å². The summed E-state index contributed by atoms with van der Waals surface area (Å²) < 4.78 is 0. The van der Waals surface area contributed by atoms with Gasteiger partial charge in [-0.25, -0.2) is 9.97 Å². The van der Waals surface area contributed by atoms with Crippen LogP contribution in [0.5, 0.6) is 0 Å². The number of aromatic nitrogens is 2. The molecule has 2 aromatic rings. The van der Waals surface area contributed by atoms with Gasteiger partial charge in [0.05, 0.1) is 17.2 Å². The highest BCUT2D eigenvalue weighted by molar-refractivity contribution is 5.93. The molecular weight excluding hydrogens is 320 g/mol. The molecule has 0 saturated carbocycles. The number of piperazine rings is 1. The van der Waals surface area contributed by atoms with Crippen LogP contribution in [0.4, 0.5) is 11.6 Å². The predicted octanol–water partition coefficient (Wildman–Crippen LogP) is 1.01. The van der Waals surface area contributed by atoms with Crippen LogP contribution >= 0.6 is 0 Å². The fourth-order valence-corrected chi connectivity index (χ4v) is 2.51. The van der Waals surface area contributed by atoms with Crippen LogP contribution < -0.4 is 5.32 Å². The third kappa shape index (κ3) is 3.90. The van der Waals surface area contributed by atoms with Gasteiger partial charge in [0, 0.05) is 44.3 Å². The third-order valence-corrected chi connectivity index (χ3v) is 3.90. The Balaban J connectivity index is 1.64. The maximum absolute atomic E-state index is 12.4. The van der Waals surface area contributed by atoms with Gasteiger partial charge in [0.25, 0.3) is 5.91 Å². The monoisotopic (exact) mass is 336 g/mol. The number of hydrogen-bond acceptors (Lipinski definition) is 6. The second-order valence-electron chi connectivity index (χ2n) is 5.55. The lowest BCUT2D eigenvalue weighted by atomic mass is 10.2. The highest BCUT2D eigenvalue weighted by Crippen LogP contribution is 2.15. The zero-order valence-corrected chi connectivity index (χ0v) is 13.4. The summed E-state index contributed by atoms with van der Waals surface area (Å²) in [5.41, 5.74) is 1.63. The van der Waals surface area contributed by atoms with Crippen molar-refractivity contribution < 1.29 is 9.59 Å². The molecule has 0 spiro atoms. The zero-order valence-electron chi connectivity index (χ0n) is 13.4. The summed E-state index contributed by atoms with van der Waals surface area (Å²) in [6.07, 6.45) is 3.74. The van der Waals surface area contributed by atoms with E-state index < -0.39 is 0 Å². The minimum atomic E-state index is -0.149. The van der Waals surface area contributed by atoms with Crippen LogP contribution in [0.15, 0.2) is 36.7 Å². The van der Waals surface area contributed by atoms with E-state index in [2.05, 4.69) is 21.4 Å². The highest BCUT2D eigenvalue weighted by Gasteiger charge is 2.21. The van der Waals surface area contributed by atoms with Crippen molar-refractivity contribution in [2.45, 2.75) is 0 Å². The summed E-state index contributed by atoms with van der Waals surface area (Å²) >= 11 is 0. The Morgan fingerprint density at radius 2 is 1.92 bits per heavy atom. The molecule has 3 rings (SSSR count). The Morgan fingerprint density at radius 3 is 2.56 bits per heavy atom. The van der Waals surface area contributed by atoms with Crippen LogP contribution in [0.1, 0.15) is 15.9 Å². The minimum absolute atomic E-state index is 0.149. The molecule has 0 bridgehead atoms. The Bertz CT molecular complexity index is 807. The summed E-state index contributed by atoms with van der Waals surface area (Å²) in [4.78, 5) is 34.8. The number of benzene rings is 1. The van der Waals surface area contributed by atoms with Crippen LogP contribution in [0.25, 0.3) is 0 Å². The van der Waals surface area contributed by atoms with E-state index >= 15 is 0 Å². The molecule has 1 aromatic carbocycles. The SMILES string of the molecule is N#Cc1cccc(Nc2ncc(C(=O)N3CCN(C=O)CC3)cn2)c1. The normalized spacial score (nSPS) is 13.9. The molecule has 8 heteroatoms. The van der Waals surface area contributed by atoms with Crippen molar-refractivity contribution in [2.75, 3.05) is 31.5 Å². The van der Waals surface area contributed by atoms with Crippen LogP contribution in [0.2, 0.25) is 0 Å². The first-order valence-electron chi connectivity index (χ1n) is 7.77. The number of nitrogens with one attached hydrogen (secondary N) is 1. The average molecular weight is 336 g/mol. The molecule has 1 aliphatic rings. The quantitative estimate of drug-likeness (QED) is 0.836. The van der Waals surface area contributed by atoms with E-state index in [1.54, 1.807) is 34.1 Å². The van der Waals surface area contributed by atoms with Gasteiger partial charge in [0.2, 0.25) is 12.4 Å². The van der Waals surface area contributed by atoms with E-state index in [4.69, 9.17) is 5.26 Å². The fourth-order valence-electron chi connectivity index (χ4n) is 2.51. The van der Waals surface area contributed by atoms with Crippen molar-refractivity contribution in [2.24, 2.45) is 0 Å². The van der Waals surface area contributed by atoms with E-state index in [-0.39, 0.29) is 5.91 Å². The first-order chi connectivity index (χ1) is 12.2. The molecule has 0 unspecified atom stereocenters. The van der Waals surface area contributed by atoms with Gasteiger partial charge >= 0.3 is 0 Å². The summed E-state index contributed by atoms with van der Waals surface area (Å²) in [6, 6.07) is 9.02. The Labute approximate surface area is 144 Å². The van der Waals surface area contributed by atoms with Crippen molar-refractivity contribution in [3.63, 3.8) is 0 Å². The van der Waals surface area contributed by atoms with Crippen molar-refractivity contribution in [1.82, 2.24) is 19.8 Å². The van der Waals surface area contributed by atoms with E-state index in [0.717, 1.165) is 6.41 Å². The number of rotatable bonds is 4. The Hall–Kier alpha value is -3.47. The predicted molar refractivity (Wildman–Crippen MR) is 90.0 cm³/mol. The maximum atomic E-state index is 12.4. The van der Waals surface area contributed by atoms with Crippen molar-refractivity contribution in [1.29, 1.82) is 5.26 Å². The van der Waals surface area contributed by atoms with Gasteiger partial charge in [0.1, 0.15) is 0 Å². The van der Waals surface area contributed by atoms with Crippen LogP contribution in [0, 0.1) is 11.3 Å². The van der Waals surface area contributed by atoms with Gasteiger partial charge in [-0.15, -0.1) is 0 Å². The molecule has 2 amide bonds. The van der Waals surface area contributed by atoms with E-state index in [1.165, 1.54) is 12.4 Å². The second kappa shape index (κ2) is 7.40. The third-order valence-electron chi connectivity index (χ3n) is 3.90. The molecule has 126 valence electrons. The number of anilines is 2. The molecule has 2 heterocycles. The van der Waals surface area contributed by atoms with Gasteiger partial charge in [-0.1, -0.05) is 6.07 Å². The van der Waals surface area contributed by atoms with Crippen molar-refractivity contribution >= 4 is 24.0 Å². The van der Waals surface area contributed by atoms with Crippen LogP contribution in [-0.2, 0) is 4.79 Å². The molecule has 25 heavy (non-hydrogen) atoms. The van der Waals surface area contributed by atoms with E-state index in [9.17, 15) is 9.59 Å². The fraction of sp³-hybridized carbons (Fsp3) is 0.235. The van der Waals surface area contributed by atoms with Gasteiger partial charge in [-0.3, -0.25) is 9.59 Å². The van der Waals surface area contributed by atoms with E-state index in [1.807, 2.05) is 0 Å². The standard InChI is InChI=1S/C17H16N6O2/c18-9-13-2-1-3-15(8-13)21-17-19-10-14(11-20-17)16(25)23-6-4-22(12-24)5-7-23/h1-3,8,10-12H,4-7H2,(H,19,20,21). The molecule has 1 aliphatic heterocycles. The summed E-state index contributed by atoms with van der Waals surface area (Å²) in [5.74, 6) is 0.195. The zero-order chi connectivity index (χ0) is 17.6. The number of amides is 2. The van der Waals surface area contributed by atoms with Gasteiger partial charge < -0.3 is 15.1 Å². The van der Waals surface area contributed by atoms with Crippen molar-refractivity contribution in [3.05, 3.63) is 47.8 Å². The number of nitrogens with zero attached hydrogens (tertiary/aromatic N) is 5. The second-order valence-corrected chi connectivity index (χ2v) is 5.55. The number of carbonyl (C=O) groups is 2. The molecule has 1 N–H and O–H groups in total. The molecule has 8 nitrogen and oxygen atoms in total. The highest BCUT2D eigenvalue weighted by atomic mass is 16.2. The Morgan fingerprint density at radius 1 is 1.20 bits per heavy atom. The molecule has 1 saturated heterocycles. The molecule has 1 fully saturated rings. The lowest BCUT2D eigenvalue weighted by Gasteiger charge is -2.32. The smallest absolute Gasteiger partial charge is 0.257 e. The Kier molecular flexibility index (Phi) is 4.85. The van der Waals surface area contributed by atoms with E-state index in [0.29, 0.717) is 48.9 Å². The number of carbonyl (C=O) groups excluding carboxylic acids is 2. The first-order valence-corrected chi connectivity index (χ1v) is 7.77. The molecule has 0 atom stereocenters. The average Bonchev–Trinajstić information content (AvgIpc) is 2.68. The van der Waals surface area contributed by atoms with Gasteiger partial charge in [-0.2, -0.15) is 5.26 Å². The minimum Gasteiger partial charge on any atom is -0.342 e. The molecule has 0 aliphatic carbocycles. The van der Waals surface area contributed by atoms with Gasteiger partial charge in [0.15, 0.2) is 0 Å². The molecule has 1 aromatic heterocycles. The summed E-state index contributed by atoms with van der Waals surface area (Å²) in [5, 5.41) is 11.9. The molecular formula is C17H16N6O2. The summed E-state index contributed by atoms with van der Waals surface area (Å²) in [6.45, 7) is 2.06. The van der Waals surface area contributed by atoms with Crippen LogP contribution in [-0.4, -0.2) is 58.3 Å². The summed E-state index contributed by atoms with van der Waals surface area (Å²) in [7, 11) is 0. The first kappa shape index (κ1) is 16.4. The lowest BCUT2D eigenvalue weighted by molar-refractivity contribution is -0.119. The molecule has 0 radical (unpaired) electrons. The van der Waals surface area contributed by atoms with Crippen molar-refractivity contribution in [3.8, 4) is 6.07 Å². The largest absolute Gasteiger partial charge is 0.342 e. The number of hydrogen-bond donors (Lipinski definition) is 1.